The molecule has 0 spiro atoms. The van der Waals surface area contributed by atoms with Crippen molar-refractivity contribution in [3.05, 3.63) is 23.8 Å². The molecule has 0 aromatic heterocycles. The van der Waals surface area contributed by atoms with E-state index < -0.39 is 0 Å². The van der Waals surface area contributed by atoms with Crippen LogP contribution in [0.3, 0.4) is 0 Å². The van der Waals surface area contributed by atoms with Gasteiger partial charge in [-0.1, -0.05) is 31.6 Å². The van der Waals surface area contributed by atoms with Gasteiger partial charge in [-0.15, -0.1) is 0 Å². The lowest BCUT2D eigenvalue weighted by molar-refractivity contribution is -0.120. The van der Waals surface area contributed by atoms with Gasteiger partial charge in [0.15, 0.2) is 5.78 Å². The summed E-state index contributed by atoms with van der Waals surface area (Å²) in [5, 5.41) is 10.0. The molecule has 2 heteroatoms. The van der Waals surface area contributed by atoms with Crippen LogP contribution in [-0.4, -0.2) is 17.0 Å². The van der Waals surface area contributed by atoms with Gasteiger partial charge in [-0.2, -0.15) is 0 Å². The first-order valence-electron chi connectivity index (χ1n) is 6.44. The number of hydrogen-bond donors (Lipinski definition) is 1. The van der Waals surface area contributed by atoms with Gasteiger partial charge < -0.3 is 5.11 Å². The highest BCUT2D eigenvalue weighted by atomic mass is 16.3. The highest BCUT2D eigenvalue weighted by Gasteiger charge is 2.47. The Labute approximate surface area is 103 Å². The van der Waals surface area contributed by atoms with Crippen LogP contribution in [0.15, 0.2) is 23.8 Å². The summed E-state index contributed by atoms with van der Waals surface area (Å²) in [4.78, 5) is 12.0. The Kier molecular flexibility index (Phi) is 3.03. The molecule has 0 aromatic rings. The predicted molar refractivity (Wildman–Crippen MR) is 68.5 cm³/mol. The van der Waals surface area contributed by atoms with E-state index in [0.717, 1.165) is 24.8 Å². The van der Waals surface area contributed by atoms with E-state index in [1.54, 1.807) is 0 Å². The third-order valence-electron chi connectivity index (χ3n) is 4.91. The number of hydrogen-bond acceptors (Lipinski definition) is 2. The molecule has 2 rings (SSSR count). The summed E-state index contributed by atoms with van der Waals surface area (Å²) in [5.41, 5.74) is 2.14. The number of ketones is 1. The maximum Gasteiger partial charge on any atom is 0.162 e. The van der Waals surface area contributed by atoms with Crippen LogP contribution < -0.4 is 0 Å². The van der Waals surface area contributed by atoms with Crippen molar-refractivity contribution < 1.29 is 9.90 Å². The van der Waals surface area contributed by atoms with Crippen molar-refractivity contribution in [2.45, 2.75) is 46.1 Å². The van der Waals surface area contributed by atoms with Gasteiger partial charge in [-0.25, -0.2) is 0 Å². The molecule has 1 saturated carbocycles. The molecule has 0 aliphatic heterocycles. The average molecular weight is 234 g/mol. The van der Waals surface area contributed by atoms with E-state index >= 15 is 0 Å². The Morgan fingerprint density at radius 1 is 1.59 bits per heavy atom. The maximum atomic E-state index is 12.0. The van der Waals surface area contributed by atoms with Gasteiger partial charge in [0.2, 0.25) is 0 Å². The molecule has 2 aliphatic rings. The quantitative estimate of drug-likeness (QED) is 0.708. The van der Waals surface area contributed by atoms with E-state index in [1.807, 2.05) is 13.0 Å². The minimum Gasteiger partial charge on any atom is -0.393 e. The van der Waals surface area contributed by atoms with Crippen LogP contribution in [0.25, 0.3) is 0 Å². The summed E-state index contributed by atoms with van der Waals surface area (Å²) in [5.74, 6) is 0.363. The van der Waals surface area contributed by atoms with E-state index in [4.69, 9.17) is 0 Å². The molecule has 17 heavy (non-hydrogen) atoms. The van der Waals surface area contributed by atoms with Crippen molar-refractivity contribution in [2.24, 2.45) is 17.3 Å². The monoisotopic (exact) mass is 234 g/mol. The number of rotatable bonds is 1. The molecule has 0 radical (unpaired) electrons. The summed E-state index contributed by atoms with van der Waals surface area (Å²) >= 11 is 0. The van der Waals surface area contributed by atoms with E-state index in [-0.39, 0.29) is 29.1 Å². The Hall–Kier alpha value is -0.890. The van der Waals surface area contributed by atoms with Crippen LogP contribution in [0, 0.1) is 17.3 Å². The molecule has 0 heterocycles. The molecule has 1 fully saturated rings. The standard InChI is InChI=1S/C15H22O2/c1-9(2)12-8-15(4)10(3)13(16)6-5-11(15)7-14(12)17/h7,10,12-13,16H,1,5-6,8H2,2-4H3. The molecule has 4 atom stereocenters. The topological polar surface area (TPSA) is 37.3 Å². The molecular formula is C15H22O2. The first kappa shape index (κ1) is 12.6. The molecule has 1 N–H and O–H groups in total. The number of aliphatic hydroxyl groups excluding tert-OH is 1. The van der Waals surface area contributed by atoms with Crippen molar-refractivity contribution in [2.75, 3.05) is 0 Å². The second kappa shape index (κ2) is 4.09. The van der Waals surface area contributed by atoms with Crippen molar-refractivity contribution in [3.8, 4) is 0 Å². The van der Waals surface area contributed by atoms with E-state index in [9.17, 15) is 9.90 Å². The lowest BCUT2D eigenvalue weighted by atomic mass is 9.57. The summed E-state index contributed by atoms with van der Waals surface area (Å²) < 4.78 is 0. The van der Waals surface area contributed by atoms with Gasteiger partial charge in [0.1, 0.15) is 0 Å². The van der Waals surface area contributed by atoms with Crippen molar-refractivity contribution >= 4 is 5.78 Å². The number of aliphatic hydroxyl groups is 1. The van der Waals surface area contributed by atoms with Crippen LogP contribution in [0.5, 0.6) is 0 Å². The number of carbonyl (C=O) groups is 1. The fourth-order valence-electron chi connectivity index (χ4n) is 3.32. The zero-order chi connectivity index (χ0) is 12.8. The van der Waals surface area contributed by atoms with Gasteiger partial charge in [-0.05, 0) is 43.6 Å². The van der Waals surface area contributed by atoms with E-state index in [0.29, 0.717) is 0 Å². The highest BCUT2D eigenvalue weighted by Crippen LogP contribution is 2.52. The number of carbonyl (C=O) groups excluding carboxylic acids is 1. The SMILES string of the molecule is C=C(C)C1CC2(C)C(=CC1=O)CCC(O)C2C. The molecule has 2 aliphatic carbocycles. The van der Waals surface area contributed by atoms with Crippen molar-refractivity contribution in [1.82, 2.24) is 0 Å². The van der Waals surface area contributed by atoms with Crippen LogP contribution in [0.2, 0.25) is 0 Å². The zero-order valence-corrected chi connectivity index (χ0v) is 11.0. The van der Waals surface area contributed by atoms with E-state index in [1.165, 1.54) is 5.57 Å². The van der Waals surface area contributed by atoms with Gasteiger partial charge >= 0.3 is 0 Å². The summed E-state index contributed by atoms with van der Waals surface area (Å²) in [7, 11) is 0. The molecule has 0 saturated heterocycles. The predicted octanol–water partition coefficient (Wildman–Crippen LogP) is 2.88. The summed E-state index contributed by atoms with van der Waals surface area (Å²) in [6, 6.07) is 0. The van der Waals surface area contributed by atoms with Gasteiger partial charge in [-0.3, -0.25) is 4.79 Å². The summed E-state index contributed by atoms with van der Waals surface area (Å²) in [6.45, 7) is 10.1. The molecule has 94 valence electrons. The largest absolute Gasteiger partial charge is 0.393 e. The zero-order valence-electron chi connectivity index (χ0n) is 11.0. The van der Waals surface area contributed by atoms with Crippen LogP contribution in [0.4, 0.5) is 0 Å². The lowest BCUT2D eigenvalue weighted by Gasteiger charge is -2.48. The van der Waals surface area contributed by atoms with Crippen LogP contribution in [-0.2, 0) is 4.79 Å². The minimum atomic E-state index is -0.240. The number of fused-ring (bicyclic) bond motifs is 1. The lowest BCUT2D eigenvalue weighted by Crippen LogP contribution is -2.45. The first-order chi connectivity index (χ1) is 7.86. The Balaban J connectivity index is 2.39. The smallest absolute Gasteiger partial charge is 0.162 e. The molecular weight excluding hydrogens is 212 g/mol. The molecule has 0 amide bonds. The van der Waals surface area contributed by atoms with Gasteiger partial charge in [0.25, 0.3) is 0 Å². The summed E-state index contributed by atoms with van der Waals surface area (Å²) in [6.07, 6.45) is 4.04. The van der Waals surface area contributed by atoms with Crippen LogP contribution >= 0.6 is 0 Å². The van der Waals surface area contributed by atoms with Crippen molar-refractivity contribution in [3.63, 3.8) is 0 Å². The Bertz CT molecular complexity index is 394. The fraction of sp³-hybridized carbons (Fsp3) is 0.667. The third kappa shape index (κ3) is 1.89. The van der Waals surface area contributed by atoms with Gasteiger partial charge in [0, 0.05) is 5.92 Å². The average Bonchev–Trinajstić information content (AvgIpc) is 2.26. The third-order valence-corrected chi connectivity index (χ3v) is 4.91. The van der Waals surface area contributed by atoms with E-state index in [2.05, 4.69) is 20.4 Å². The molecule has 2 nitrogen and oxygen atoms in total. The molecule has 0 aromatic carbocycles. The number of allylic oxidation sites excluding steroid dienone is 3. The maximum absolute atomic E-state index is 12.0. The second-order valence-electron chi connectivity index (χ2n) is 5.99. The Morgan fingerprint density at radius 2 is 2.24 bits per heavy atom. The minimum absolute atomic E-state index is 0.0325. The Morgan fingerprint density at radius 3 is 2.82 bits per heavy atom. The normalized spacial score (nSPS) is 41.8. The fourth-order valence-corrected chi connectivity index (χ4v) is 3.32. The second-order valence-corrected chi connectivity index (χ2v) is 5.99. The molecule has 0 bridgehead atoms. The van der Waals surface area contributed by atoms with Gasteiger partial charge in [0.05, 0.1) is 6.10 Å². The highest BCUT2D eigenvalue weighted by molar-refractivity contribution is 5.95. The first-order valence-corrected chi connectivity index (χ1v) is 6.44. The van der Waals surface area contributed by atoms with Crippen LogP contribution in [0.1, 0.15) is 40.0 Å². The molecule has 4 unspecified atom stereocenters. The van der Waals surface area contributed by atoms with Crippen molar-refractivity contribution in [1.29, 1.82) is 0 Å².